The smallest absolute Gasteiger partial charge is 0.269 e. The summed E-state index contributed by atoms with van der Waals surface area (Å²) in [7, 11) is 0. The van der Waals surface area contributed by atoms with Gasteiger partial charge in [-0.3, -0.25) is 10.1 Å². The number of amides is 1. The molecule has 1 N–H and O–H groups in total. The van der Waals surface area contributed by atoms with E-state index in [9.17, 15) is 4.79 Å². The van der Waals surface area contributed by atoms with E-state index in [1.807, 2.05) is 25.1 Å². The Balaban J connectivity index is 1.66. The van der Waals surface area contributed by atoms with Gasteiger partial charge in [-0.2, -0.15) is 0 Å². The number of fused-ring (bicyclic) bond motifs is 2. The number of hydrogen-bond donors (Lipinski definition) is 1. The molecule has 27 heavy (non-hydrogen) atoms. The van der Waals surface area contributed by atoms with Crippen LogP contribution in [0.15, 0.2) is 30.3 Å². The van der Waals surface area contributed by atoms with Crippen LogP contribution in [0.4, 0.5) is 5.13 Å². The van der Waals surface area contributed by atoms with Gasteiger partial charge < -0.3 is 4.74 Å². The van der Waals surface area contributed by atoms with Gasteiger partial charge in [0.25, 0.3) is 5.91 Å². The van der Waals surface area contributed by atoms with Crippen LogP contribution in [-0.2, 0) is 0 Å². The lowest BCUT2D eigenvalue weighted by Crippen LogP contribution is -2.10. The van der Waals surface area contributed by atoms with Gasteiger partial charge in [-0.25, -0.2) is 4.98 Å². The van der Waals surface area contributed by atoms with Crippen LogP contribution in [0.25, 0.3) is 20.3 Å². The standard InChI is InChI=1S/C18H11Cl3N2O2S2/c1-2-25-9-3-4-11-12(7-9)27-18(22-11)23-17(24)16-15(21)14-10(20)5-8(19)6-13(14)26-16/h3-7H,2H2,1H3,(H,22,23,24). The minimum atomic E-state index is -0.336. The molecule has 0 saturated heterocycles. The van der Waals surface area contributed by atoms with E-state index in [0.29, 0.717) is 37.1 Å². The Morgan fingerprint density at radius 2 is 1.96 bits per heavy atom. The van der Waals surface area contributed by atoms with Crippen molar-refractivity contribution >= 4 is 88.8 Å². The summed E-state index contributed by atoms with van der Waals surface area (Å²) in [5, 5.41) is 5.15. The maximum Gasteiger partial charge on any atom is 0.269 e. The summed E-state index contributed by atoms with van der Waals surface area (Å²) >= 11 is 21.3. The number of carbonyl (C=O) groups excluding carboxylic acids is 1. The quantitative estimate of drug-likeness (QED) is 0.355. The molecule has 1 amide bonds. The molecule has 0 unspecified atom stereocenters. The van der Waals surface area contributed by atoms with Crippen molar-refractivity contribution in [1.29, 1.82) is 0 Å². The fourth-order valence-corrected chi connectivity index (χ4v) is 5.79. The fourth-order valence-electron chi connectivity index (χ4n) is 2.63. The maximum absolute atomic E-state index is 12.7. The normalized spacial score (nSPS) is 11.3. The minimum Gasteiger partial charge on any atom is -0.494 e. The Kier molecular flexibility index (Phi) is 5.18. The van der Waals surface area contributed by atoms with E-state index < -0.39 is 0 Å². The topological polar surface area (TPSA) is 51.2 Å². The third-order valence-corrected chi connectivity index (χ3v) is 6.82. The molecule has 0 bridgehead atoms. The summed E-state index contributed by atoms with van der Waals surface area (Å²) in [6.07, 6.45) is 0. The molecule has 0 saturated carbocycles. The first kappa shape index (κ1) is 18.8. The maximum atomic E-state index is 12.7. The number of ether oxygens (including phenoxy) is 1. The minimum absolute atomic E-state index is 0.314. The summed E-state index contributed by atoms with van der Waals surface area (Å²) < 4.78 is 7.18. The Labute approximate surface area is 177 Å². The summed E-state index contributed by atoms with van der Waals surface area (Å²) in [4.78, 5) is 17.5. The molecule has 0 aliphatic carbocycles. The number of hydrogen-bond acceptors (Lipinski definition) is 5. The molecular weight excluding hydrogens is 447 g/mol. The van der Waals surface area contributed by atoms with E-state index in [2.05, 4.69) is 10.3 Å². The number of anilines is 1. The second-order valence-corrected chi connectivity index (χ2v) is 8.85. The number of benzene rings is 2. The molecule has 2 aromatic heterocycles. The number of carbonyl (C=O) groups is 1. The molecule has 4 nitrogen and oxygen atoms in total. The van der Waals surface area contributed by atoms with Gasteiger partial charge in [0.1, 0.15) is 10.6 Å². The summed E-state index contributed by atoms with van der Waals surface area (Å²) in [5.74, 6) is 0.433. The number of rotatable bonds is 4. The zero-order chi connectivity index (χ0) is 19.1. The molecule has 0 radical (unpaired) electrons. The Bertz CT molecular complexity index is 1190. The van der Waals surface area contributed by atoms with Gasteiger partial charge in [-0.1, -0.05) is 46.1 Å². The van der Waals surface area contributed by atoms with Crippen LogP contribution in [-0.4, -0.2) is 17.5 Å². The van der Waals surface area contributed by atoms with E-state index >= 15 is 0 Å². The molecule has 0 fully saturated rings. The second-order valence-electron chi connectivity index (χ2n) is 5.54. The van der Waals surface area contributed by atoms with Crippen molar-refractivity contribution in [1.82, 2.24) is 4.98 Å². The number of thiophene rings is 1. The van der Waals surface area contributed by atoms with Crippen LogP contribution in [0, 0.1) is 0 Å². The summed E-state index contributed by atoms with van der Waals surface area (Å²) in [6, 6.07) is 8.96. The Morgan fingerprint density at radius 3 is 2.74 bits per heavy atom. The lowest BCUT2D eigenvalue weighted by atomic mass is 10.2. The van der Waals surface area contributed by atoms with Crippen molar-refractivity contribution in [2.24, 2.45) is 0 Å². The van der Waals surface area contributed by atoms with E-state index in [1.165, 1.54) is 22.7 Å². The second kappa shape index (κ2) is 7.45. The molecule has 0 atom stereocenters. The van der Waals surface area contributed by atoms with Crippen molar-refractivity contribution in [2.45, 2.75) is 6.92 Å². The van der Waals surface area contributed by atoms with Crippen LogP contribution in [0.2, 0.25) is 15.1 Å². The van der Waals surface area contributed by atoms with Gasteiger partial charge in [0.05, 0.1) is 26.9 Å². The molecule has 9 heteroatoms. The van der Waals surface area contributed by atoms with Gasteiger partial charge in [0.15, 0.2) is 5.13 Å². The largest absolute Gasteiger partial charge is 0.494 e. The number of thiazole rings is 1. The van der Waals surface area contributed by atoms with E-state index in [-0.39, 0.29) is 5.91 Å². The van der Waals surface area contributed by atoms with Crippen LogP contribution in [0.1, 0.15) is 16.6 Å². The average molecular weight is 458 g/mol. The van der Waals surface area contributed by atoms with E-state index in [0.717, 1.165) is 20.7 Å². The van der Waals surface area contributed by atoms with Crippen LogP contribution in [0.3, 0.4) is 0 Å². The van der Waals surface area contributed by atoms with Crippen LogP contribution < -0.4 is 10.1 Å². The third kappa shape index (κ3) is 3.60. The highest BCUT2D eigenvalue weighted by Crippen LogP contribution is 2.41. The molecular formula is C18H11Cl3N2O2S2. The molecule has 0 aliphatic heterocycles. The van der Waals surface area contributed by atoms with Crippen LogP contribution in [0.5, 0.6) is 5.75 Å². The number of nitrogens with zero attached hydrogens (tertiary/aromatic N) is 1. The predicted octanol–water partition coefficient (Wildman–Crippen LogP) is 7.12. The third-order valence-electron chi connectivity index (χ3n) is 3.75. The molecule has 0 aliphatic rings. The first-order chi connectivity index (χ1) is 13.0. The van der Waals surface area contributed by atoms with Crippen molar-refractivity contribution in [3.05, 3.63) is 50.3 Å². The van der Waals surface area contributed by atoms with Gasteiger partial charge in [0.2, 0.25) is 0 Å². The Morgan fingerprint density at radius 1 is 1.15 bits per heavy atom. The van der Waals surface area contributed by atoms with Crippen LogP contribution >= 0.6 is 57.5 Å². The molecule has 4 rings (SSSR count). The SMILES string of the molecule is CCOc1ccc2nc(NC(=O)c3sc4cc(Cl)cc(Cl)c4c3Cl)sc2c1. The highest BCUT2D eigenvalue weighted by Gasteiger charge is 2.20. The number of halogens is 3. The monoisotopic (exact) mass is 456 g/mol. The van der Waals surface area contributed by atoms with Crippen molar-refractivity contribution < 1.29 is 9.53 Å². The lowest BCUT2D eigenvalue weighted by molar-refractivity contribution is 0.103. The highest BCUT2D eigenvalue weighted by molar-refractivity contribution is 7.23. The van der Waals surface area contributed by atoms with Crippen molar-refractivity contribution in [2.75, 3.05) is 11.9 Å². The number of nitrogens with one attached hydrogen (secondary N) is 1. The number of aromatic nitrogens is 1. The first-order valence-corrected chi connectivity index (χ1v) is 10.6. The molecule has 2 heterocycles. The lowest BCUT2D eigenvalue weighted by Gasteiger charge is -2.00. The van der Waals surface area contributed by atoms with Gasteiger partial charge in [-0.05, 0) is 37.3 Å². The van der Waals surface area contributed by atoms with Gasteiger partial charge in [0, 0.05) is 15.1 Å². The molecule has 4 aromatic rings. The molecule has 2 aromatic carbocycles. The summed E-state index contributed by atoms with van der Waals surface area (Å²) in [6.45, 7) is 2.52. The first-order valence-electron chi connectivity index (χ1n) is 7.88. The zero-order valence-electron chi connectivity index (χ0n) is 13.8. The van der Waals surface area contributed by atoms with Gasteiger partial charge in [-0.15, -0.1) is 11.3 Å². The predicted molar refractivity (Wildman–Crippen MR) is 116 cm³/mol. The highest BCUT2D eigenvalue weighted by atomic mass is 35.5. The fraction of sp³-hybridized carbons (Fsp3) is 0.111. The molecule has 0 spiro atoms. The van der Waals surface area contributed by atoms with E-state index in [4.69, 9.17) is 39.5 Å². The summed E-state index contributed by atoms with van der Waals surface area (Å²) in [5.41, 5.74) is 0.788. The van der Waals surface area contributed by atoms with Gasteiger partial charge >= 0.3 is 0 Å². The molecule has 138 valence electrons. The van der Waals surface area contributed by atoms with E-state index in [1.54, 1.807) is 12.1 Å². The van der Waals surface area contributed by atoms with Crippen molar-refractivity contribution in [3.63, 3.8) is 0 Å². The average Bonchev–Trinajstić information content (AvgIpc) is 3.15. The zero-order valence-corrected chi connectivity index (χ0v) is 17.7. The van der Waals surface area contributed by atoms with Crippen molar-refractivity contribution in [3.8, 4) is 5.75 Å². The Hall–Kier alpha value is -1.57.